The van der Waals surface area contributed by atoms with Crippen molar-refractivity contribution in [3.63, 3.8) is 0 Å². The van der Waals surface area contributed by atoms with E-state index in [2.05, 4.69) is 31.2 Å². The summed E-state index contributed by atoms with van der Waals surface area (Å²) < 4.78 is 5.35. The minimum atomic E-state index is -0.230. The van der Waals surface area contributed by atoms with E-state index >= 15 is 0 Å². The van der Waals surface area contributed by atoms with Crippen LogP contribution in [0.4, 0.5) is 5.69 Å². The SMILES string of the molecule is Cc1nn(CC(C)C)c(C)c1CCC(=O)Nc1c(C)n(C)n(-c2ccccc2)c1=O. The molecule has 0 radical (unpaired) electrons. The Labute approximate surface area is 177 Å². The lowest BCUT2D eigenvalue weighted by atomic mass is 10.1. The van der Waals surface area contributed by atoms with E-state index in [9.17, 15) is 9.59 Å². The van der Waals surface area contributed by atoms with Gasteiger partial charge in [-0.2, -0.15) is 5.10 Å². The number of para-hydroxylation sites is 1. The van der Waals surface area contributed by atoms with Gasteiger partial charge in [-0.05, 0) is 50.8 Å². The van der Waals surface area contributed by atoms with Gasteiger partial charge in [0, 0.05) is 25.7 Å². The lowest BCUT2D eigenvalue weighted by Gasteiger charge is -2.08. The first kappa shape index (κ1) is 21.6. The maximum atomic E-state index is 12.9. The summed E-state index contributed by atoms with van der Waals surface area (Å²) >= 11 is 0. The average molecular weight is 410 g/mol. The number of carbonyl (C=O) groups is 1. The fraction of sp³-hybridized carbons (Fsp3) is 0.435. The summed E-state index contributed by atoms with van der Waals surface area (Å²) in [4.78, 5) is 25.6. The Bertz CT molecular complexity index is 1100. The second kappa shape index (κ2) is 8.73. The molecule has 7 nitrogen and oxygen atoms in total. The number of hydrogen-bond donors (Lipinski definition) is 1. The lowest BCUT2D eigenvalue weighted by molar-refractivity contribution is -0.116. The third-order valence-electron chi connectivity index (χ3n) is 5.49. The molecule has 0 aliphatic rings. The van der Waals surface area contributed by atoms with E-state index in [1.165, 1.54) is 0 Å². The maximum Gasteiger partial charge on any atom is 0.295 e. The maximum absolute atomic E-state index is 12.9. The van der Waals surface area contributed by atoms with Gasteiger partial charge in [-0.1, -0.05) is 32.0 Å². The lowest BCUT2D eigenvalue weighted by Crippen LogP contribution is -2.23. The molecule has 2 heterocycles. The summed E-state index contributed by atoms with van der Waals surface area (Å²) in [7, 11) is 1.81. The number of hydrogen-bond acceptors (Lipinski definition) is 3. The Kier molecular flexibility index (Phi) is 6.29. The Morgan fingerprint density at radius 1 is 1.10 bits per heavy atom. The van der Waals surface area contributed by atoms with E-state index in [1.807, 2.05) is 55.9 Å². The zero-order valence-electron chi connectivity index (χ0n) is 18.7. The van der Waals surface area contributed by atoms with Crippen molar-refractivity contribution in [2.24, 2.45) is 13.0 Å². The number of carbonyl (C=O) groups excluding carboxylic acids is 1. The molecule has 1 amide bonds. The van der Waals surface area contributed by atoms with Crippen LogP contribution in [0.15, 0.2) is 35.1 Å². The molecule has 1 aromatic carbocycles. The highest BCUT2D eigenvalue weighted by Crippen LogP contribution is 2.18. The molecule has 0 spiro atoms. The first-order valence-corrected chi connectivity index (χ1v) is 10.4. The van der Waals surface area contributed by atoms with Crippen molar-refractivity contribution in [2.75, 3.05) is 5.32 Å². The fourth-order valence-corrected chi connectivity index (χ4v) is 3.77. The summed E-state index contributed by atoms with van der Waals surface area (Å²) in [5.74, 6) is 0.336. The van der Waals surface area contributed by atoms with Gasteiger partial charge in [0.25, 0.3) is 5.56 Å². The molecule has 0 bridgehead atoms. The third kappa shape index (κ3) is 4.25. The van der Waals surface area contributed by atoms with Crippen LogP contribution in [0.3, 0.4) is 0 Å². The van der Waals surface area contributed by atoms with Gasteiger partial charge >= 0.3 is 0 Å². The van der Waals surface area contributed by atoms with E-state index < -0.39 is 0 Å². The van der Waals surface area contributed by atoms with Crippen molar-refractivity contribution in [3.8, 4) is 5.69 Å². The van der Waals surface area contributed by atoms with Gasteiger partial charge in [0.1, 0.15) is 5.69 Å². The van der Waals surface area contributed by atoms with Crippen molar-refractivity contribution in [1.29, 1.82) is 0 Å². The predicted molar refractivity (Wildman–Crippen MR) is 119 cm³/mol. The second-order valence-electron chi connectivity index (χ2n) is 8.21. The van der Waals surface area contributed by atoms with Gasteiger partial charge in [0.2, 0.25) is 5.91 Å². The van der Waals surface area contributed by atoms with Crippen molar-refractivity contribution < 1.29 is 4.79 Å². The highest BCUT2D eigenvalue weighted by atomic mass is 16.2. The number of aromatic nitrogens is 4. The van der Waals surface area contributed by atoms with Crippen LogP contribution in [0, 0.1) is 26.7 Å². The van der Waals surface area contributed by atoms with E-state index in [1.54, 1.807) is 9.36 Å². The highest BCUT2D eigenvalue weighted by molar-refractivity contribution is 5.91. The number of nitrogens with one attached hydrogen (secondary N) is 1. The number of amides is 1. The van der Waals surface area contributed by atoms with Crippen LogP contribution in [0.25, 0.3) is 5.69 Å². The molecule has 0 aliphatic carbocycles. The molecule has 0 fully saturated rings. The van der Waals surface area contributed by atoms with Crippen LogP contribution in [0.1, 0.15) is 42.9 Å². The van der Waals surface area contributed by atoms with Crippen molar-refractivity contribution in [2.45, 2.75) is 54.0 Å². The Balaban J connectivity index is 1.75. The number of aryl methyl sites for hydroxylation is 1. The molecule has 2 aromatic heterocycles. The normalized spacial score (nSPS) is 11.3. The summed E-state index contributed by atoms with van der Waals surface area (Å²) in [6.45, 7) is 11.1. The summed E-state index contributed by atoms with van der Waals surface area (Å²) in [5.41, 5.74) is 4.76. The smallest absolute Gasteiger partial charge is 0.295 e. The quantitative estimate of drug-likeness (QED) is 0.649. The van der Waals surface area contributed by atoms with E-state index in [4.69, 9.17) is 0 Å². The first-order valence-electron chi connectivity index (χ1n) is 10.4. The monoisotopic (exact) mass is 409 g/mol. The van der Waals surface area contributed by atoms with Crippen molar-refractivity contribution in [1.82, 2.24) is 19.1 Å². The molecule has 3 aromatic rings. The summed E-state index contributed by atoms with van der Waals surface area (Å²) in [6.07, 6.45) is 0.897. The summed E-state index contributed by atoms with van der Waals surface area (Å²) in [6, 6.07) is 9.40. The van der Waals surface area contributed by atoms with E-state index in [-0.39, 0.29) is 11.5 Å². The fourth-order valence-electron chi connectivity index (χ4n) is 3.77. The Hall–Kier alpha value is -3.09. The van der Waals surface area contributed by atoms with Crippen LogP contribution in [0.5, 0.6) is 0 Å². The zero-order chi connectivity index (χ0) is 22.0. The topological polar surface area (TPSA) is 73.8 Å². The number of rotatable bonds is 7. The molecule has 3 rings (SSSR count). The van der Waals surface area contributed by atoms with Gasteiger partial charge in [0.15, 0.2) is 0 Å². The third-order valence-corrected chi connectivity index (χ3v) is 5.49. The van der Waals surface area contributed by atoms with Crippen molar-refractivity contribution >= 4 is 11.6 Å². The molecule has 0 unspecified atom stereocenters. The average Bonchev–Trinajstić information content (AvgIpc) is 3.07. The molecule has 30 heavy (non-hydrogen) atoms. The van der Waals surface area contributed by atoms with Crippen LogP contribution in [-0.4, -0.2) is 25.1 Å². The van der Waals surface area contributed by atoms with Gasteiger partial charge in [0.05, 0.1) is 17.1 Å². The molecule has 0 atom stereocenters. The molecular weight excluding hydrogens is 378 g/mol. The molecule has 7 heteroatoms. The van der Waals surface area contributed by atoms with Gasteiger partial charge < -0.3 is 5.32 Å². The molecule has 160 valence electrons. The molecule has 0 aliphatic heterocycles. The van der Waals surface area contributed by atoms with Crippen LogP contribution in [0.2, 0.25) is 0 Å². The number of anilines is 1. The second-order valence-corrected chi connectivity index (χ2v) is 8.21. The van der Waals surface area contributed by atoms with Gasteiger partial charge in [-0.15, -0.1) is 0 Å². The Morgan fingerprint density at radius 3 is 2.40 bits per heavy atom. The summed E-state index contributed by atoms with van der Waals surface area (Å²) in [5, 5.41) is 7.45. The predicted octanol–water partition coefficient (Wildman–Crippen LogP) is 3.53. The number of nitrogens with zero attached hydrogens (tertiary/aromatic N) is 4. The first-order chi connectivity index (χ1) is 14.2. The van der Waals surface area contributed by atoms with Crippen molar-refractivity contribution in [3.05, 3.63) is 63.3 Å². The minimum absolute atomic E-state index is 0.170. The molecule has 1 N–H and O–H groups in total. The van der Waals surface area contributed by atoms with E-state index in [0.29, 0.717) is 30.1 Å². The highest BCUT2D eigenvalue weighted by Gasteiger charge is 2.19. The van der Waals surface area contributed by atoms with Gasteiger partial charge in [-0.3, -0.25) is 19.0 Å². The number of benzene rings is 1. The van der Waals surface area contributed by atoms with Gasteiger partial charge in [-0.25, -0.2) is 4.68 Å². The molecule has 0 saturated heterocycles. The molecular formula is C23H31N5O2. The largest absolute Gasteiger partial charge is 0.320 e. The standard InChI is InChI=1S/C23H31N5O2/c1-15(2)14-27-17(4)20(16(3)25-27)12-13-21(29)24-22-18(5)26(6)28(23(22)30)19-10-8-7-9-11-19/h7-11,15H,12-14H2,1-6H3,(H,24,29). The van der Waals surface area contributed by atoms with Crippen LogP contribution >= 0.6 is 0 Å². The van der Waals surface area contributed by atoms with Crippen LogP contribution < -0.4 is 10.9 Å². The van der Waals surface area contributed by atoms with Crippen LogP contribution in [-0.2, 0) is 24.8 Å². The minimum Gasteiger partial charge on any atom is -0.320 e. The zero-order valence-corrected chi connectivity index (χ0v) is 18.7. The molecule has 0 saturated carbocycles. The van der Waals surface area contributed by atoms with E-state index in [0.717, 1.165) is 29.2 Å². The Morgan fingerprint density at radius 2 is 1.77 bits per heavy atom.